The van der Waals surface area contributed by atoms with Gasteiger partial charge in [0.05, 0.1) is 30.4 Å². The van der Waals surface area contributed by atoms with Crippen LogP contribution in [0.25, 0.3) is 11.0 Å². The van der Waals surface area contributed by atoms with Crippen LogP contribution in [0, 0.1) is 0 Å². The molecule has 0 saturated heterocycles. The van der Waals surface area contributed by atoms with Crippen LogP contribution in [-0.4, -0.2) is 27.1 Å². The summed E-state index contributed by atoms with van der Waals surface area (Å²) in [5.41, 5.74) is 0.650. The number of hydrogen-bond donors (Lipinski definition) is 2. The number of aromatic nitrogens is 3. The molecule has 2 aromatic carbocycles. The topological polar surface area (TPSA) is 98.1 Å². The van der Waals surface area contributed by atoms with Gasteiger partial charge in [-0.1, -0.05) is 41.9 Å². The second-order valence-electron chi connectivity index (χ2n) is 6.98. The number of rotatable bonds is 5. The Morgan fingerprint density at radius 2 is 1.90 bits per heavy atom. The normalized spacial score (nSPS) is 10.9. The minimum absolute atomic E-state index is 0.122. The zero-order valence-electron chi connectivity index (χ0n) is 16.8. The molecule has 0 aliphatic heterocycles. The summed E-state index contributed by atoms with van der Waals surface area (Å²) in [7, 11) is 3.12. The summed E-state index contributed by atoms with van der Waals surface area (Å²) in [6.45, 7) is 0.122. The SMILES string of the molecule is COc1ccc(Cl)cc1NC(=O)c1cn(C)c2c(=O)n(Cc3ccccc3)c(=O)[nH]c12. The van der Waals surface area contributed by atoms with Crippen LogP contribution in [0.4, 0.5) is 5.69 Å². The van der Waals surface area contributed by atoms with Crippen molar-refractivity contribution in [3.8, 4) is 5.75 Å². The van der Waals surface area contributed by atoms with Crippen molar-refractivity contribution in [2.24, 2.45) is 7.05 Å². The predicted octanol–water partition coefficient (Wildman–Crippen LogP) is 2.99. The Morgan fingerprint density at radius 3 is 2.61 bits per heavy atom. The van der Waals surface area contributed by atoms with Crippen LogP contribution in [0.2, 0.25) is 5.02 Å². The molecule has 0 spiro atoms. The van der Waals surface area contributed by atoms with E-state index < -0.39 is 17.2 Å². The Morgan fingerprint density at radius 1 is 1.16 bits per heavy atom. The zero-order valence-corrected chi connectivity index (χ0v) is 17.6. The number of anilines is 1. The molecule has 0 unspecified atom stereocenters. The largest absolute Gasteiger partial charge is 0.495 e. The maximum atomic E-state index is 13.1. The Bertz CT molecular complexity index is 1400. The number of amides is 1. The van der Waals surface area contributed by atoms with Crippen LogP contribution in [0.15, 0.2) is 64.3 Å². The zero-order chi connectivity index (χ0) is 22.1. The van der Waals surface area contributed by atoms with E-state index in [1.54, 1.807) is 25.2 Å². The van der Waals surface area contributed by atoms with Crippen LogP contribution in [0.5, 0.6) is 5.75 Å². The summed E-state index contributed by atoms with van der Waals surface area (Å²) in [4.78, 5) is 41.4. The number of H-pyrrole nitrogens is 1. The van der Waals surface area contributed by atoms with Crippen molar-refractivity contribution in [1.29, 1.82) is 0 Å². The number of benzene rings is 2. The third kappa shape index (κ3) is 3.85. The number of nitrogens with one attached hydrogen (secondary N) is 2. The summed E-state index contributed by atoms with van der Waals surface area (Å²) in [6, 6.07) is 14.0. The smallest absolute Gasteiger partial charge is 0.329 e. The lowest BCUT2D eigenvalue weighted by atomic mass is 10.2. The van der Waals surface area contributed by atoms with Crippen molar-refractivity contribution in [1.82, 2.24) is 14.1 Å². The van der Waals surface area contributed by atoms with Crippen molar-refractivity contribution >= 4 is 34.2 Å². The first-order valence-corrected chi connectivity index (χ1v) is 9.78. The van der Waals surface area contributed by atoms with Crippen LogP contribution in [-0.2, 0) is 13.6 Å². The number of methoxy groups -OCH3 is 1. The number of carbonyl (C=O) groups is 1. The lowest BCUT2D eigenvalue weighted by molar-refractivity contribution is 0.102. The van der Waals surface area contributed by atoms with Gasteiger partial charge in [0.1, 0.15) is 11.3 Å². The average molecular weight is 439 g/mol. The summed E-state index contributed by atoms with van der Waals surface area (Å²) >= 11 is 6.03. The summed E-state index contributed by atoms with van der Waals surface area (Å²) in [6.07, 6.45) is 1.50. The second-order valence-corrected chi connectivity index (χ2v) is 7.42. The first-order valence-electron chi connectivity index (χ1n) is 9.40. The van der Waals surface area contributed by atoms with Gasteiger partial charge >= 0.3 is 5.69 Å². The molecule has 31 heavy (non-hydrogen) atoms. The van der Waals surface area contributed by atoms with Crippen molar-refractivity contribution in [3.05, 3.63) is 91.7 Å². The maximum Gasteiger partial charge on any atom is 0.329 e. The lowest BCUT2D eigenvalue weighted by Gasteiger charge is -2.10. The quantitative estimate of drug-likeness (QED) is 0.500. The number of hydrogen-bond acceptors (Lipinski definition) is 4. The van der Waals surface area contributed by atoms with E-state index >= 15 is 0 Å². The first-order chi connectivity index (χ1) is 14.9. The van der Waals surface area contributed by atoms with Gasteiger partial charge < -0.3 is 19.6 Å². The van der Waals surface area contributed by atoms with E-state index in [0.29, 0.717) is 16.5 Å². The summed E-state index contributed by atoms with van der Waals surface area (Å²) in [5, 5.41) is 3.15. The predicted molar refractivity (Wildman–Crippen MR) is 119 cm³/mol. The van der Waals surface area contributed by atoms with Gasteiger partial charge in [0.25, 0.3) is 11.5 Å². The highest BCUT2D eigenvalue weighted by Gasteiger charge is 2.20. The molecule has 0 saturated carbocycles. The molecule has 4 rings (SSSR count). The molecular weight excluding hydrogens is 420 g/mol. The molecule has 0 aliphatic rings. The van der Waals surface area contributed by atoms with Gasteiger partial charge in [-0.25, -0.2) is 4.79 Å². The van der Waals surface area contributed by atoms with E-state index in [2.05, 4.69) is 10.3 Å². The summed E-state index contributed by atoms with van der Waals surface area (Å²) in [5.74, 6) is -0.0845. The molecule has 4 aromatic rings. The number of halogens is 1. The van der Waals surface area contributed by atoms with E-state index in [9.17, 15) is 14.4 Å². The molecule has 0 atom stereocenters. The van der Waals surface area contributed by atoms with Crippen LogP contribution in [0.3, 0.4) is 0 Å². The number of nitrogens with zero attached hydrogens (tertiary/aromatic N) is 2. The lowest BCUT2D eigenvalue weighted by Crippen LogP contribution is -2.36. The Balaban J connectivity index is 1.77. The molecular formula is C22H19ClN4O4. The minimum Gasteiger partial charge on any atom is -0.495 e. The highest BCUT2D eigenvalue weighted by molar-refractivity contribution is 6.31. The molecule has 2 N–H and O–H groups in total. The minimum atomic E-state index is -0.595. The average Bonchev–Trinajstić information content (AvgIpc) is 3.08. The fourth-order valence-corrected chi connectivity index (χ4v) is 3.63. The van der Waals surface area contributed by atoms with Crippen LogP contribution in [0.1, 0.15) is 15.9 Å². The van der Waals surface area contributed by atoms with E-state index in [1.165, 1.54) is 17.9 Å². The number of aryl methyl sites for hydroxylation is 1. The standard InChI is InChI=1S/C22H19ClN4O4/c1-26-12-15(20(28)24-16-10-14(23)8-9-17(16)31-2)18-19(26)21(29)27(22(30)25-18)11-13-6-4-3-5-7-13/h3-10,12H,11H2,1-2H3,(H,24,28)(H,25,30). The van der Waals surface area contributed by atoms with E-state index in [-0.39, 0.29) is 23.1 Å². The van der Waals surface area contributed by atoms with Crippen molar-refractivity contribution < 1.29 is 9.53 Å². The highest BCUT2D eigenvalue weighted by atomic mass is 35.5. The molecule has 2 heterocycles. The van der Waals surface area contributed by atoms with Crippen LogP contribution >= 0.6 is 11.6 Å². The molecule has 0 bridgehead atoms. The molecule has 0 aliphatic carbocycles. The van der Waals surface area contributed by atoms with Crippen molar-refractivity contribution in [3.63, 3.8) is 0 Å². The molecule has 1 amide bonds. The van der Waals surface area contributed by atoms with Gasteiger partial charge in [0.2, 0.25) is 0 Å². The van der Waals surface area contributed by atoms with E-state index in [4.69, 9.17) is 16.3 Å². The molecule has 9 heteroatoms. The van der Waals surface area contributed by atoms with Crippen molar-refractivity contribution in [2.45, 2.75) is 6.54 Å². The Hall–Kier alpha value is -3.78. The first kappa shape index (κ1) is 20.5. The fraction of sp³-hybridized carbons (Fsp3) is 0.136. The van der Waals surface area contributed by atoms with Gasteiger partial charge in [0.15, 0.2) is 0 Å². The molecule has 2 aromatic heterocycles. The van der Waals surface area contributed by atoms with E-state index in [1.807, 2.05) is 30.3 Å². The third-order valence-corrected chi connectivity index (χ3v) is 5.18. The van der Waals surface area contributed by atoms with Crippen molar-refractivity contribution in [2.75, 3.05) is 12.4 Å². The van der Waals surface area contributed by atoms with Gasteiger partial charge in [-0.05, 0) is 23.8 Å². The summed E-state index contributed by atoms with van der Waals surface area (Å²) < 4.78 is 7.89. The molecule has 8 nitrogen and oxygen atoms in total. The fourth-order valence-electron chi connectivity index (χ4n) is 3.45. The Labute approximate surface area is 181 Å². The maximum absolute atomic E-state index is 13.1. The molecule has 0 radical (unpaired) electrons. The van der Waals surface area contributed by atoms with E-state index in [0.717, 1.165) is 10.1 Å². The number of carbonyl (C=O) groups excluding carboxylic acids is 1. The second kappa shape index (κ2) is 8.16. The van der Waals surface area contributed by atoms with Crippen LogP contribution < -0.4 is 21.3 Å². The van der Waals surface area contributed by atoms with Gasteiger partial charge in [0, 0.05) is 18.3 Å². The monoisotopic (exact) mass is 438 g/mol. The van der Waals surface area contributed by atoms with Gasteiger partial charge in [-0.3, -0.25) is 14.2 Å². The number of fused-ring (bicyclic) bond motifs is 1. The van der Waals surface area contributed by atoms with Gasteiger partial charge in [-0.15, -0.1) is 0 Å². The number of aromatic amines is 1. The highest BCUT2D eigenvalue weighted by Crippen LogP contribution is 2.28. The number of ether oxygens (including phenoxy) is 1. The Kier molecular flexibility index (Phi) is 5.39. The van der Waals surface area contributed by atoms with Gasteiger partial charge in [-0.2, -0.15) is 0 Å². The molecule has 0 fully saturated rings. The third-order valence-electron chi connectivity index (χ3n) is 4.94. The molecule has 158 valence electrons.